The predicted molar refractivity (Wildman–Crippen MR) is 56.2 cm³/mol. The van der Waals surface area contributed by atoms with Crippen LogP contribution in [0.4, 0.5) is 0 Å². The molecule has 1 nitrogen and oxygen atoms in total. The molecule has 0 saturated heterocycles. The van der Waals surface area contributed by atoms with Crippen molar-refractivity contribution in [3.63, 3.8) is 0 Å². The second kappa shape index (κ2) is 5.79. The average Bonchev–Trinajstić information content (AvgIpc) is 2.15. The zero-order valence-corrected chi connectivity index (χ0v) is 8.42. The summed E-state index contributed by atoms with van der Waals surface area (Å²) in [6, 6.07) is 7.86. The minimum atomic E-state index is 0.674. The van der Waals surface area contributed by atoms with E-state index in [1.807, 2.05) is 30.3 Å². The predicted octanol–water partition coefficient (Wildman–Crippen LogP) is 3.09. The van der Waals surface area contributed by atoms with Gasteiger partial charge in [0.25, 0.3) is 0 Å². The van der Waals surface area contributed by atoms with Crippen LogP contribution in [-0.4, -0.2) is 13.7 Å². The Morgan fingerprint density at radius 3 is 2.54 bits per heavy atom. The quantitative estimate of drug-likeness (QED) is 0.673. The van der Waals surface area contributed by atoms with Crippen molar-refractivity contribution in [3.8, 4) is 0 Å². The van der Waals surface area contributed by atoms with Crippen molar-refractivity contribution in [2.75, 3.05) is 13.7 Å². The molecule has 0 heterocycles. The normalized spacial score (nSPS) is 10.9. The van der Waals surface area contributed by atoms with Gasteiger partial charge < -0.3 is 4.74 Å². The third-order valence-corrected chi connectivity index (χ3v) is 1.95. The summed E-state index contributed by atoms with van der Waals surface area (Å²) in [6.07, 6.45) is 5.03. The fourth-order valence-electron chi connectivity index (χ4n) is 1.00. The second-order valence-electron chi connectivity index (χ2n) is 2.76. The minimum absolute atomic E-state index is 0.674. The summed E-state index contributed by atoms with van der Waals surface area (Å²) < 4.78 is 4.89. The molecule has 70 valence electrons. The maximum Gasteiger partial charge on any atom is 0.0643 e. The molecule has 0 aromatic heterocycles. The largest absolute Gasteiger partial charge is 0.381 e. The van der Waals surface area contributed by atoms with Gasteiger partial charge in [-0.2, -0.15) is 0 Å². The topological polar surface area (TPSA) is 9.23 Å². The molecule has 0 radical (unpaired) electrons. The van der Waals surface area contributed by atoms with E-state index in [-0.39, 0.29) is 0 Å². The lowest BCUT2D eigenvalue weighted by Crippen LogP contribution is -1.83. The SMILES string of the molecule is COC/C=C/Cc1ccc(Cl)cc1. The van der Waals surface area contributed by atoms with Gasteiger partial charge in [0.2, 0.25) is 0 Å². The molecule has 0 N–H and O–H groups in total. The van der Waals surface area contributed by atoms with Crippen LogP contribution in [0.5, 0.6) is 0 Å². The van der Waals surface area contributed by atoms with Gasteiger partial charge in [-0.3, -0.25) is 0 Å². The van der Waals surface area contributed by atoms with Crippen LogP contribution >= 0.6 is 11.6 Å². The average molecular weight is 197 g/mol. The molecule has 0 saturated carbocycles. The fraction of sp³-hybridized carbons (Fsp3) is 0.273. The maximum absolute atomic E-state index is 5.76. The summed E-state index contributed by atoms with van der Waals surface area (Å²) in [4.78, 5) is 0. The molecule has 1 rings (SSSR count). The first-order valence-corrected chi connectivity index (χ1v) is 4.59. The van der Waals surface area contributed by atoms with Crippen molar-refractivity contribution in [2.24, 2.45) is 0 Å². The number of halogens is 1. The van der Waals surface area contributed by atoms with E-state index in [1.54, 1.807) is 7.11 Å². The highest BCUT2D eigenvalue weighted by Gasteiger charge is 1.88. The van der Waals surface area contributed by atoms with Crippen LogP contribution in [0, 0.1) is 0 Å². The molecule has 0 bridgehead atoms. The van der Waals surface area contributed by atoms with E-state index in [0.29, 0.717) is 6.61 Å². The van der Waals surface area contributed by atoms with Crippen molar-refractivity contribution in [1.29, 1.82) is 0 Å². The highest BCUT2D eigenvalue weighted by atomic mass is 35.5. The molecule has 0 unspecified atom stereocenters. The molecule has 13 heavy (non-hydrogen) atoms. The van der Waals surface area contributed by atoms with Gasteiger partial charge in [0, 0.05) is 12.1 Å². The van der Waals surface area contributed by atoms with Crippen LogP contribution in [0.3, 0.4) is 0 Å². The summed E-state index contributed by atoms with van der Waals surface area (Å²) in [6.45, 7) is 0.674. The minimum Gasteiger partial charge on any atom is -0.381 e. The molecule has 0 amide bonds. The van der Waals surface area contributed by atoms with Crippen LogP contribution in [0.2, 0.25) is 5.02 Å². The number of ether oxygens (including phenoxy) is 1. The van der Waals surface area contributed by atoms with Gasteiger partial charge in [0.1, 0.15) is 0 Å². The van der Waals surface area contributed by atoms with Gasteiger partial charge in [-0.15, -0.1) is 0 Å². The Morgan fingerprint density at radius 2 is 1.92 bits per heavy atom. The van der Waals surface area contributed by atoms with Gasteiger partial charge in [-0.25, -0.2) is 0 Å². The Hall–Kier alpha value is -0.790. The van der Waals surface area contributed by atoms with Gasteiger partial charge >= 0.3 is 0 Å². The first kappa shape index (κ1) is 10.3. The molecule has 0 aliphatic carbocycles. The van der Waals surface area contributed by atoms with E-state index in [0.717, 1.165) is 11.4 Å². The van der Waals surface area contributed by atoms with E-state index in [1.165, 1.54) is 5.56 Å². The summed E-state index contributed by atoms with van der Waals surface area (Å²) in [5, 5.41) is 0.782. The molecular formula is C11H13ClO. The molecule has 1 aromatic carbocycles. The Balaban J connectivity index is 2.41. The number of hydrogen-bond donors (Lipinski definition) is 0. The van der Waals surface area contributed by atoms with Gasteiger partial charge in [0.05, 0.1) is 6.61 Å². The van der Waals surface area contributed by atoms with E-state index in [9.17, 15) is 0 Å². The lowest BCUT2D eigenvalue weighted by molar-refractivity contribution is 0.233. The Labute approximate surface area is 84.0 Å². The smallest absolute Gasteiger partial charge is 0.0643 e. The third-order valence-electron chi connectivity index (χ3n) is 1.70. The van der Waals surface area contributed by atoms with Crippen LogP contribution in [0.1, 0.15) is 5.56 Å². The van der Waals surface area contributed by atoms with E-state index in [2.05, 4.69) is 6.08 Å². The van der Waals surface area contributed by atoms with Crippen LogP contribution in [-0.2, 0) is 11.2 Å². The molecule has 2 heteroatoms. The number of methoxy groups -OCH3 is 1. The highest BCUT2D eigenvalue weighted by molar-refractivity contribution is 6.30. The van der Waals surface area contributed by atoms with Crippen molar-refractivity contribution in [1.82, 2.24) is 0 Å². The molecule has 0 spiro atoms. The third kappa shape index (κ3) is 4.11. The second-order valence-corrected chi connectivity index (χ2v) is 3.19. The summed E-state index contributed by atoms with van der Waals surface area (Å²) >= 11 is 5.76. The standard InChI is InChI=1S/C11H13ClO/c1-13-9-3-2-4-10-5-7-11(12)8-6-10/h2-3,5-8H,4,9H2,1H3/b3-2+. The van der Waals surface area contributed by atoms with Crippen molar-refractivity contribution in [2.45, 2.75) is 6.42 Å². The monoisotopic (exact) mass is 196 g/mol. The zero-order valence-electron chi connectivity index (χ0n) is 7.66. The van der Waals surface area contributed by atoms with E-state index in [4.69, 9.17) is 16.3 Å². The fourth-order valence-corrected chi connectivity index (χ4v) is 1.13. The van der Waals surface area contributed by atoms with Crippen molar-refractivity contribution >= 4 is 11.6 Å². The number of allylic oxidation sites excluding steroid dienone is 1. The Bertz CT molecular complexity index is 264. The summed E-state index contributed by atoms with van der Waals surface area (Å²) in [5.74, 6) is 0. The first-order valence-electron chi connectivity index (χ1n) is 4.21. The highest BCUT2D eigenvalue weighted by Crippen LogP contribution is 2.09. The maximum atomic E-state index is 5.76. The molecule has 0 aliphatic heterocycles. The number of rotatable bonds is 4. The molecule has 1 aromatic rings. The lowest BCUT2D eigenvalue weighted by Gasteiger charge is -1.95. The first-order chi connectivity index (χ1) is 6.33. The number of benzene rings is 1. The molecule has 0 atom stereocenters. The molecule has 0 fully saturated rings. The Kier molecular flexibility index (Phi) is 4.58. The summed E-state index contributed by atoms with van der Waals surface area (Å²) in [5.41, 5.74) is 1.26. The zero-order chi connectivity index (χ0) is 9.52. The summed E-state index contributed by atoms with van der Waals surface area (Å²) in [7, 11) is 1.69. The van der Waals surface area contributed by atoms with Crippen molar-refractivity contribution in [3.05, 3.63) is 47.0 Å². The van der Waals surface area contributed by atoms with Crippen LogP contribution < -0.4 is 0 Å². The van der Waals surface area contributed by atoms with Crippen LogP contribution in [0.15, 0.2) is 36.4 Å². The van der Waals surface area contributed by atoms with E-state index >= 15 is 0 Å². The number of hydrogen-bond acceptors (Lipinski definition) is 1. The molecular weight excluding hydrogens is 184 g/mol. The van der Waals surface area contributed by atoms with Crippen LogP contribution in [0.25, 0.3) is 0 Å². The Morgan fingerprint density at radius 1 is 1.23 bits per heavy atom. The van der Waals surface area contributed by atoms with Crippen molar-refractivity contribution < 1.29 is 4.74 Å². The van der Waals surface area contributed by atoms with E-state index < -0.39 is 0 Å². The lowest BCUT2D eigenvalue weighted by atomic mass is 10.1. The van der Waals surface area contributed by atoms with Gasteiger partial charge in [-0.1, -0.05) is 35.9 Å². The molecule has 0 aliphatic rings. The van der Waals surface area contributed by atoms with Gasteiger partial charge in [-0.05, 0) is 24.1 Å². The van der Waals surface area contributed by atoms with Gasteiger partial charge in [0.15, 0.2) is 0 Å².